The number of rotatable bonds is 19. The molecule has 3 aromatic carbocycles. The number of nitrogens with zero attached hydrogens (tertiary/aromatic N) is 2. The average molecular weight is 775 g/mol. The fraction of sp³-hybridized carbons (Fsp3) is 0.545. The van der Waals surface area contributed by atoms with Gasteiger partial charge in [-0.1, -0.05) is 31.0 Å². The monoisotopic (exact) mass is 774 g/mol. The molecule has 12 nitrogen and oxygen atoms in total. The van der Waals surface area contributed by atoms with E-state index >= 15 is 0 Å². The van der Waals surface area contributed by atoms with Gasteiger partial charge in [0.25, 0.3) is 0 Å². The third-order valence-corrected chi connectivity index (χ3v) is 11.1. The zero-order valence-corrected chi connectivity index (χ0v) is 33.6. The van der Waals surface area contributed by atoms with Gasteiger partial charge in [0, 0.05) is 26.2 Å². The lowest BCUT2D eigenvalue weighted by Crippen LogP contribution is -2.50. The quantitative estimate of drug-likeness (QED) is 0.123. The van der Waals surface area contributed by atoms with Crippen molar-refractivity contribution in [1.82, 2.24) is 9.80 Å². The molecule has 0 N–H and O–H groups in total. The summed E-state index contributed by atoms with van der Waals surface area (Å²) in [5.41, 5.74) is 2.64. The first-order valence-electron chi connectivity index (χ1n) is 19.9. The first kappa shape index (κ1) is 41.0. The molecule has 1 aliphatic carbocycles. The molecule has 0 radical (unpaired) electrons. The molecule has 3 aliphatic rings. The topological polar surface area (TPSA) is 114 Å². The van der Waals surface area contributed by atoms with Crippen molar-refractivity contribution in [1.29, 1.82) is 0 Å². The van der Waals surface area contributed by atoms with Crippen molar-refractivity contribution in [3.63, 3.8) is 0 Å². The maximum absolute atomic E-state index is 14.7. The van der Waals surface area contributed by atoms with Gasteiger partial charge in [-0.2, -0.15) is 0 Å². The van der Waals surface area contributed by atoms with Crippen LogP contribution in [0.2, 0.25) is 0 Å². The first-order chi connectivity index (χ1) is 27.3. The molecule has 0 spiro atoms. The largest absolute Gasteiger partial charge is 0.493 e. The SMILES string of the molecule is COc1ccc(CCC(OC(=O)[C@@H]2CCCCN2C(=O)[C@@H](CC2CC2)c2cc(OC)c(OC)c(OC)c2)c2cccc(OCCN3CCOCC3)c2)cc1OC. The standard InChI is InChI=1S/C44H58N2O10/c1-49-38-17-15-31(26-39(38)50-2)14-16-37(32-9-8-10-34(27-32)55-24-21-45-19-22-54-23-20-45)56-44(48)36-11-6-7-18-46(36)43(47)35(25-30-12-13-30)33-28-40(51-3)42(53-5)41(29-33)52-4/h8-10,15,17,26-30,35-37H,6-7,11-14,16,18-25H2,1-5H3/t35-,36-,37?/m0/s1. The molecule has 0 bridgehead atoms. The van der Waals surface area contributed by atoms with Crippen LogP contribution in [0.25, 0.3) is 0 Å². The summed E-state index contributed by atoms with van der Waals surface area (Å²) >= 11 is 0. The second kappa shape index (κ2) is 20.0. The Balaban J connectivity index is 1.23. The van der Waals surface area contributed by atoms with Crippen molar-refractivity contribution >= 4 is 11.9 Å². The molecule has 3 aromatic rings. The Kier molecular flexibility index (Phi) is 14.6. The summed E-state index contributed by atoms with van der Waals surface area (Å²) in [4.78, 5) is 33.3. The fourth-order valence-corrected chi connectivity index (χ4v) is 7.78. The van der Waals surface area contributed by atoms with Crippen LogP contribution < -0.4 is 28.4 Å². The number of methoxy groups -OCH3 is 5. The summed E-state index contributed by atoms with van der Waals surface area (Å²) in [6.07, 6.45) is 5.54. The number of benzene rings is 3. The molecule has 3 fully saturated rings. The van der Waals surface area contributed by atoms with Gasteiger partial charge in [0.2, 0.25) is 11.7 Å². The molecule has 2 heterocycles. The van der Waals surface area contributed by atoms with Gasteiger partial charge >= 0.3 is 5.97 Å². The molecule has 304 valence electrons. The highest BCUT2D eigenvalue weighted by molar-refractivity contribution is 5.89. The highest BCUT2D eigenvalue weighted by atomic mass is 16.5. The minimum atomic E-state index is -0.712. The Bertz CT molecular complexity index is 1730. The molecule has 1 unspecified atom stereocenters. The number of morpholine rings is 1. The van der Waals surface area contributed by atoms with E-state index in [4.69, 9.17) is 37.9 Å². The van der Waals surface area contributed by atoms with E-state index in [0.29, 0.717) is 79.2 Å². The van der Waals surface area contributed by atoms with Crippen LogP contribution in [0.4, 0.5) is 0 Å². The molecule has 3 atom stereocenters. The lowest BCUT2D eigenvalue weighted by Gasteiger charge is -2.37. The molecular weight excluding hydrogens is 716 g/mol. The summed E-state index contributed by atoms with van der Waals surface area (Å²) in [7, 11) is 7.94. The normalized spacial score (nSPS) is 18.4. The minimum Gasteiger partial charge on any atom is -0.493 e. The number of ether oxygens (including phenoxy) is 8. The number of hydrogen-bond donors (Lipinski definition) is 0. The van der Waals surface area contributed by atoms with Crippen LogP contribution in [0.15, 0.2) is 54.6 Å². The fourth-order valence-electron chi connectivity index (χ4n) is 7.78. The van der Waals surface area contributed by atoms with Gasteiger partial charge in [-0.3, -0.25) is 9.69 Å². The number of carbonyl (C=O) groups is 2. The van der Waals surface area contributed by atoms with Crippen LogP contribution in [-0.4, -0.2) is 109 Å². The van der Waals surface area contributed by atoms with Crippen molar-refractivity contribution in [3.05, 3.63) is 71.3 Å². The predicted molar refractivity (Wildman–Crippen MR) is 211 cm³/mol. The average Bonchev–Trinajstić information content (AvgIpc) is 4.08. The van der Waals surface area contributed by atoms with Crippen LogP contribution in [0.3, 0.4) is 0 Å². The van der Waals surface area contributed by atoms with E-state index < -0.39 is 24.0 Å². The van der Waals surface area contributed by atoms with Crippen LogP contribution in [0, 0.1) is 5.92 Å². The first-order valence-corrected chi connectivity index (χ1v) is 19.9. The highest BCUT2D eigenvalue weighted by Gasteiger charge is 2.40. The van der Waals surface area contributed by atoms with Crippen LogP contribution in [0.5, 0.6) is 34.5 Å². The van der Waals surface area contributed by atoms with Gasteiger partial charge in [0.15, 0.2) is 23.0 Å². The second-order valence-corrected chi connectivity index (χ2v) is 14.8. The van der Waals surface area contributed by atoms with Gasteiger partial charge in [-0.05, 0) is 97.5 Å². The zero-order valence-electron chi connectivity index (χ0n) is 33.6. The number of likely N-dealkylation sites (tertiary alicyclic amines) is 1. The number of carbonyl (C=O) groups excluding carboxylic acids is 2. The summed E-state index contributed by atoms with van der Waals surface area (Å²) in [5.74, 6) is 2.96. The van der Waals surface area contributed by atoms with Crippen molar-refractivity contribution in [2.75, 3.05) is 81.5 Å². The lowest BCUT2D eigenvalue weighted by atomic mass is 9.89. The Morgan fingerprint density at radius 2 is 1.50 bits per heavy atom. The van der Waals surface area contributed by atoms with Crippen LogP contribution in [0.1, 0.15) is 73.7 Å². The third-order valence-electron chi connectivity index (χ3n) is 11.1. The number of piperidine rings is 1. The van der Waals surface area contributed by atoms with Gasteiger partial charge < -0.3 is 42.8 Å². The van der Waals surface area contributed by atoms with E-state index in [2.05, 4.69) is 4.90 Å². The number of amides is 1. The van der Waals surface area contributed by atoms with Gasteiger partial charge in [-0.15, -0.1) is 0 Å². The summed E-state index contributed by atoms with van der Waals surface area (Å²) < 4.78 is 46.1. The van der Waals surface area contributed by atoms with Gasteiger partial charge in [-0.25, -0.2) is 4.79 Å². The Morgan fingerprint density at radius 3 is 2.18 bits per heavy atom. The van der Waals surface area contributed by atoms with Crippen LogP contribution in [-0.2, 0) is 25.5 Å². The number of aryl methyl sites for hydroxylation is 1. The second-order valence-electron chi connectivity index (χ2n) is 14.8. The third kappa shape index (κ3) is 10.4. The Labute approximate surface area is 331 Å². The zero-order chi connectivity index (χ0) is 39.4. The Hall–Kier alpha value is -4.68. The predicted octanol–water partition coefficient (Wildman–Crippen LogP) is 6.62. The lowest BCUT2D eigenvalue weighted by molar-refractivity contribution is -0.162. The molecule has 1 amide bonds. The minimum absolute atomic E-state index is 0.0784. The highest BCUT2D eigenvalue weighted by Crippen LogP contribution is 2.45. The molecule has 0 aromatic heterocycles. The van der Waals surface area contributed by atoms with Crippen molar-refractivity contribution in [3.8, 4) is 34.5 Å². The summed E-state index contributed by atoms with van der Waals surface area (Å²) in [6.45, 7) is 5.07. The molecule has 6 rings (SSSR count). The van der Waals surface area contributed by atoms with E-state index in [-0.39, 0.29) is 5.91 Å². The van der Waals surface area contributed by atoms with Gasteiger partial charge in [0.1, 0.15) is 24.5 Å². The smallest absolute Gasteiger partial charge is 0.329 e. The molecule has 56 heavy (non-hydrogen) atoms. The Morgan fingerprint density at radius 1 is 0.768 bits per heavy atom. The maximum Gasteiger partial charge on any atom is 0.329 e. The maximum atomic E-state index is 14.7. The number of hydrogen-bond acceptors (Lipinski definition) is 11. The van der Waals surface area contributed by atoms with Crippen molar-refractivity contribution < 1.29 is 47.5 Å². The van der Waals surface area contributed by atoms with E-state index in [1.807, 2.05) is 54.6 Å². The van der Waals surface area contributed by atoms with Crippen molar-refractivity contribution in [2.24, 2.45) is 5.92 Å². The van der Waals surface area contributed by atoms with E-state index in [0.717, 1.165) is 75.2 Å². The summed E-state index contributed by atoms with van der Waals surface area (Å²) in [5, 5.41) is 0. The van der Waals surface area contributed by atoms with Crippen LogP contribution >= 0.6 is 0 Å². The molecule has 12 heteroatoms. The van der Waals surface area contributed by atoms with Gasteiger partial charge in [0.05, 0.1) is 54.7 Å². The van der Waals surface area contributed by atoms with Crippen molar-refractivity contribution in [2.45, 2.75) is 69.4 Å². The molecular formula is C44H58N2O10. The van der Waals surface area contributed by atoms with E-state index in [9.17, 15) is 9.59 Å². The molecule has 2 saturated heterocycles. The van der Waals surface area contributed by atoms with E-state index in [1.54, 1.807) is 40.4 Å². The molecule has 2 aliphatic heterocycles. The molecule has 1 saturated carbocycles. The summed E-state index contributed by atoms with van der Waals surface area (Å²) in [6, 6.07) is 16.7. The van der Waals surface area contributed by atoms with E-state index in [1.165, 1.54) is 0 Å². The number of esters is 1.